The van der Waals surface area contributed by atoms with Gasteiger partial charge in [-0.15, -0.1) is 0 Å². The van der Waals surface area contributed by atoms with E-state index in [1.165, 1.54) is 7.11 Å². The van der Waals surface area contributed by atoms with E-state index in [1.54, 1.807) is 60.5 Å². The Bertz CT molecular complexity index is 885. The molecule has 7 nitrogen and oxygen atoms in total. The van der Waals surface area contributed by atoms with Gasteiger partial charge in [-0.2, -0.15) is 0 Å². The average Bonchev–Trinajstić information content (AvgIpc) is 2.92. The zero-order chi connectivity index (χ0) is 19.6. The van der Waals surface area contributed by atoms with Crippen LogP contribution in [0.25, 0.3) is 0 Å². The van der Waals surface area contributed by atoms with E-state index in [1.807, 2.05) is 0 Å². The molecule has 1 aliphatic rings. The number of carbonyl (C=O) groups excluding carboxylic acids is 4. The Labute approximate surface area is 156 Å². The number of benzene rings is 2. The maximum absolute atomic E-state index is 12.4. The summed E-state index contributed by atoms with van der Waals surface area (Å²) in [5.74, 6) is -1.61. The smallest absolute Gasteiger partial charge is 0.337 e. The number of imide groups is 1. The number of ketones is 1. The first-order chi connectivity index (χ1) is 12.9. The summed E-state index contributed by atoms with van der Waals surface area (Å²) in [6, 6.07) is 13.1. The summed E-state index contributed by atoms with van der Waals surface area (Å²) >= 11 is 0. The third kappa shape index (κ3) is 3.57. The van der Waals surface area contributed by atoms with E-state index in [0.29, 0.717) is 16.7 Å². The van der Waals surface area contributed by atoms with Crippen LogP contribution in [0.5, 0.6) is 0 Å². The van der Waals surface area contributed by atoms with Crippen molar-refractivity contribution in [2.75, 3.05) is 32.1 Å². The first-order valence-electron chi connectivity index (χ1n) is 8.29. The van der Waals surface area contributed by atoms with Crippen molar-refractivity contribution in [2.24, 2.45) is 0 Å². The van der Waals surface area contributed by atoms with Crippen LogP contribution >= 0.6 is 0 Å². The Kier molecular flexibility index (Phi) is 5.03. The number of nitrogens with zero attached hydrogens (tertiary/aromatic N) is 2. The topological polar surface area (TPSA) is 84.0 Å². The third-order valence-electron chi connectivity index (χ3n) is 4.36. The summed E-state index contributed by atoms with van der Waals surface area (Å²) in [4.78, 5) is 51.1. The van der Waals surface area contributed by atoms with Gasteiger partial charge in [0.2, 0.25) is 0 Å². The summed E-state index contributed by atoms with van der Waals surface area (Å²) in [6.45, 7) is -0.262. The zero-order valence-corrected chi connectivity index (χ0v) is 15.0. The molecule has 2 amide bonds. The molecule has 3 rings (SSSR count). The summed E-state index contributed by atoms with van der Waals surface area (Å²) in [5, 5.41) is 0. The molecule has 0 N–H and O–H groups in total. The molecule has 0 bridgehead atoms. The highest BCUT2D eigenvalue weighted by Gasteiger charge is 2.36. The number of amides is 2. The third-order valence-corrected chi connectivity index (χ3v) is 4.36. The predicted molar refractivity (Wildman–Crippen MR) is 97.9 cm³/mol. The van der Waals surface area contributed by atoms with Crippen LogP contribution in [0.4, 0.5) is 5.69 Å². The molecular formula is C20H18N2O5. The molecule has 2 aromatic carbocycles. The van der Waals surface area contributed by atoms with Crippen LogP contribution in [0.2, 0.25) is 0 Å². The van der Waals surface area contributed by atoms with Crippen molar-refractivity contribution in [1.82, 2.24) is 4.90 Å². The van der Waals surface area contributed by atoms with Crippen molar-refractivity contribution in [3.63, 3.8) is 0 Å². The number of hydrogen-bond donors (Lipinski definition) is 0. The van der Waals surface area contributed by atoms with Crippen LogP contribution in [0.3, 0.4) is 0 Å². The number of carbonyl (C=O) groups is 4. The predicted octanol–water partition coefficient (Wildman–Crippen LogP) is 1.77. The molecule has 0 aliphatic carbocycles. The second-order valence-corrected chi connectivity index (χ2v) is 6.18. The van der Waals surface area contributed by atoms with Gasteiger partial charge in [-0.1, -0.05) is 12.1 Å². The second-order valence-electron chi connectivity index (χ2n) is 6.18. The number of methoxy groups -OCH3 is 1. The molecule has 7 heteroatoms. The monoisotopic (exact) mass is 366 g/mol. The number of likely N-dealkylation sites (N-methyl/N-ethyl adjacent to an activating group) is 1. The highest BCUT2D eigenvalue weighted by molar-refractivity contribution is 6.22. The Balaban J connectivity index is 1.63. The normalized spacial score (nSPS) is 12.7. The molecule has 0 radical (unpaired) electrons. The Morgan fingerprint density at radius 1 is 0.963 bits per heavy atom. The minimum atomic E-state index is -0.450. The van der Waals surface area contributed by atoms with Crippen LogP contribution in [0.1, 0.15) is 31.1 Å². The van der Waals surface area contributed by atoms with Gasteiger partial charge in [0.15, 0.2) is 5.78 Å². The SMILES string of the molecule is COC(=O)c1ccc(N(C)CC(=O)CN2C(=O)c3ccccc3C2=O)cc1. The van der Waals surface area contributed by atoms with Gasteiger partial charge in [-0.3, -0.25) is 19.3 Å². The second kappa shape index (κ2) is 7.41. The molecule has 0 fully saturated rings. The summed E-state index contributed by atoms with van der Waals surface area (Å²) in [6.07, 6.45) is 0. The van der Waals surface area contributed by atoms with E-state index < -0.39 is 17.8 Å². The van der Waals surface area contributed by atoms with Gasteiger partial charge in [0, 0.05) is 12.7 Å². The number of rotatable bonds is 6. The lowest BCUT2D eigenvalue weighted by Gasteiger charge is -2.20. The van der Waals surface area contributed by atoms with Crippen LogP contribution in [-0.2, 0) is 9.53 Å². The molecule has 2 aromatic rings. The quantitative estimate of drug-likeness (QED) is 0.572. The fourth-order valence-corrected chi connectivity index (χ4v) is 2.93. The van der Waals surface area contributed by atoms with Crippen LogP contribution in [0.15, 0.2) is 48.5 Å². The number of fused-ring (bicyclic) bond motifs is 1. The molecule has 0 saturated heterocycles. The van der Waals surface area contributed by atoms with E-state index in [2.05, 4.69) is 4.74 Å². The maximum atomic E-state index is 12.4. The van der Waals surface area contributed by atoms with Crippen molar-refractivity contribution in [3.05, 3.63) is 65.2 Å². The van der Waals surface area contributed by atoms with Crippen molar-refractivity contribution >= 4 is 29.3 Å². The molecule has 0 saturated carbocycles. The van der Waals surface area contributed by atoms with Crippen LogP contribution in [-0.4, -0.2) is 55.7 Å². The van der Waals surface area contributed by atoms with Crippen molar-refractivity contribution in [2.45, 2.75) is 0 Å². The lowest BCUT2D eigenvalue weighted by molar-refractivity contribution is -0.118. The highest BCUT2D eigenvalue weighted by Crippen LogP contribution is 2.22. The Morgan fingerprint density at radius 3 is 2.04 bits per heavy atom. The molecule has 1 aliphatic heterocycles. The molecule has 0 atom stereocenters. The van der Waals surface area contributed by atoms with Crippen molar-refractivity contribution in [1.29, 1.82) is 0 Å². The van der Waals surface area contributed by atoms with E-state index in [-0.39, 0.29) is 18.9 Å². The number of esters is 1. The molecule has 0 aromatic heterocycles. The summed E-state index contributed by atoms with van der Waals surface area (Å²) < 4.78 is 4.65. The number of anilines is 1. The van der Waals surface area contributed by atoms with Gasteiger partial charge in [0.1, 0.15) is 0 Å². The minimum absolute atomic E-state index is 0.0188. The summed E-state index contributed by atoms with van der Waals surface area (Å²) in [7, 11) is 3.02. The van der Waals surface area contributed by atoms with E-state index in [9.17, 15) is 19.2 Å². The fourth-order valence-electron chi connectivity index (χ4n) is 2.93. The lowest BCUT2D eigenvalue weighted by Crippen LogP contribution is -2.39. The number of hydrogen-bond acceptors (Lipinski definition) is 6. The Hall–Kier alpha value is -3.48. The van der Waals surface area contributed by atoms with Gasteiger partial charge < -0.3 is 9.64 Å². The van der Waals surface area contributed by atoms with Crippen molar-refractivity contribution in [3.8, 4) is 0 Å². The molecule has 0 spiro atoms. The largest absolute Gasteiger partial charge is 0.465 e. The minimum Gasteiger partial charge on any atom is -0.465 e. The van der Waals surface area contributed by atoms with E-state index in [4.69, 9.17) is 0 Å². The van der Waals surface area contributed by atoms with Crippen LogP contribution < -0.4 is 4.90 Å². The van der Waals surface area contributed by atoms with Gasteiger partial charge in [0.05, 0.1) is 36.9 Å². The molecule has 1 heterocycles. The maximum Gasteiger partial charge on any atom is 0.337 e. The van der Waals surface area contributed by atoms with Crippen molar-refractivity contribution < 1.29 is 23.9 Å². The van der Waals surface area contributed by atoms with Crippen LogP contribution in [0, 0.1) is 0 Å². The van der Waals surface area contributed by atoms with E-state index in [0.717, 1.165) is 10.6 Å². The lowest BCUT2D eigenvalue weighted by atomic mass is 10.1. The first-order valence-corrected chi connectivity index (χ1v) is 8.29. The zero-order valence-electron chi connectivity index (χ0n) is 15.0. The van der Waals surface area contributed by atoms with Gasteiger partial charge in [0.25, 0.3) is 11.8 Å². The molecule has 138 valence electrons. The van der Waals surface area contributed by atoms with Gasteiger partial charge in [-0.25, -0.2) is 4.79 Å². The average molecular weight is 366 g/mol. The van der Waals surface area contributed by atoms with E-state index >= 15 is 0 Å². The van der Waals surface area contributed by atoms with Gasteiger partial charge in [-0.05, 0) is 36.4 Å². The number of Topliss-reactive ketones (excluding diaryl/α,β-unsaturated/α-hetero) is 1. The highest BCUT2D eigenvalue weighted by atomic mass is 16.5. The summed E-state index contributed by atoms with van der Waals surface area (Å²) in [5.41, 5.74) is 1.77. The van der Waals surface area contributed by atoms with Gasteiger partial charge >= 0.3 is 5.97 Å². The first kappa shape index (κ1) is 18.3. The standard InChI is InChI=1S/C20H18N2O5/c1-21(14-9-7-13(8-10-14)20(26)27-2)11-15(23)12-22-18(24)16-5-3-4-6-17(16)19(22)25/h3-10H,11-12H2,1-2H3. The molecular weight excluding hydrogens is 348 g/mol. The fraction of sp³-hybridized carbons (Fsp3) is 0.200. The molecule has 0 unspecified atom stereocenters. The molecule has 27 heavy (non-hydrogen) atoms. The Morgan fingerprint density at radius 2 is 1.52 bits per heavy atom. The number of ether oxygens (including phenoxy) is 1.